The van der Waals surface area contributed by atoms with Crippen molar-refractivity contribution in [1.29, 1.82) is 0 Å². The minimum Gasteiger partial charge on any atom is -0.454 e. The van der Waals surface area contributed by atoms with E-state index in [2.05, 4.69) is 15.6 Å². The summed E-state index contributed by atoms with van der Waals surface area (Å²) >= 11 is 0. The number of pyridine rings is 1. The Morgan fingerprint density at radius 3 is 2.83 bits per heavy atom. The lowest BCUT2D eigenvalue weighted by Gasteiger charge is -2.09. The van der Waals surface area contributed by atoms with Crippen LogP contribution < -0.4 is 9.47 Å². The summed E-state index contributed by atoms with van der Waals surface area (Å²) in [7, 11) is 0. The highest BCUT2D eigenvalue weighted by atomic mass is 35.5. The molecule has 0 atom stereocenters. The molecule has 0 bridgehead atoms. The monoisotopic (exact) mass is 341 g/mol. The molecular formula is C18H16ClN3O2. The van der Waals surface area contributed by atoms with E-state index >= 15 is 0 Å². The van der Waals surface area contributed by atoms with Crippen LogP contribution in [-0.2, 0) is 13.0 Å². The third kappa shape index (κ3) is 2.24. The van der Waals surface area contributed by atoms with Crippen molar-refractivity contribution in [3.05, 3.63) is 48.4 Å². The van der Waals surface area contributed by atoms with Gasteiger partial charge in [-0.3, -0.25) is 4.98 Å². The van der Waals surface area contributed by atoms with Gasteiger partial charge in [0.1, 0.15) is 11.5 Å². The molecule has 0 N–H and O–H groups in total. The van der Waals surface area contributed by atoms with Crippen LogP contribution in [0, 0.1) is 0 Å². The molecule has 0 spiro atoms. The molecule has 122 valence electrons. The van der Waals surface area contributed by atoms with E-state index < -0.39 is 0 Å². The van der Waals surface area contributed by atoms with E-state index in [-0.39, 0.29) is 19.2 Å². The van der Waals surface area contributed by atoms with Crippen molar-refractivity contribution in [3.63, 3.8) is 0 Å². The first-order chi connectivity index (χ1) is 11.4. The lowest BCUT2D eigenvalue weighted by atomic mass is 10.1. The van der Waals surface area contributed by atoms with E-state index in [4.69, 9.17) is 14.5 Å². The molecule has 2 aliphatic rings. The molecule has 5 rings (SSSR count). The van der Waals surface area contributed by atoms with Gasteiger partial charge in [-0.25, -0.2) is 4.98 Å². The third-order valence-corrected chi connectivity index (χ3v) is 4.38. The summed E-state index contributed by atoms with van der Waals surface area (Å²) in [5.74, 6) is 2.73. The number of hydrogen-bond donors (Lipinski definition) is 0. The van der Waals surface area contributed by atoms with Crippen molar-refractivity contribution in [2.24, 2.45) is 0 Å². The molecular weight excluding hydrogens is 326 g/mol. The minimum absolute atomic E-state index is 0. The van der Waals surface area contributed by atoms with Crippen LogP contribution in [0.3, 0.4) is 0 Å². The number of halogens is 1. The Kier molecular flexibility index (Phi) is 3.65. The van der Waals surface area contributed by atoms with Crippen molar-refractivity contribution in [2.75, 3.05) is 6.79 Å². The maximum absolute atomic E-state index is 5.53. The zero-order valence-electron chi connectivity index (χ0n) is 12.9. The topological polar surface area (TPSA) is 49.2 Å². The fourth-order valence-corrected chi connectivity index (χ4v) is 3.34. The summed E-state index contributed by atoms with van der Waals surface area (Å²) in [4.78, 5) is 9.35. The second-order valence-electron chi connectivity index (χ2n) is 5.76. The molecule has 2 aromatic heterocycles. The van der Waals surface area contributed by atoms with E-state index in [0.29, 0.717) is 0 Å². The largest absolute Gasteiger partial charge is 0.454 e. The lowest BCUT2D eigenvalue weighted by Crippen LogP contribution is -1.97. The molecule has 0 aliphatic carbocycles. The molecule has 6 heteroatoms. The number of imidazole rings is 1. The molecule has 0 radical (unpaired) electrons. The molecule has 0 amide bonds. The smallest absolute Gasteiger partial charge is 0.231 e. The van der Waals surface area contributed by atoms with Gasteiger partial charge < -0.3 is 14.0 Å². The summed E-state index contributed by atoms with van der Waals surface area (Å²) in [6.07, 6.45) is 3.97. The summed E-state index contributed by atoms with van der Waals surface area (Å²) < 4.78 is 13.3. The number of nitrogens with zero attached hydrogens (tertiary/aromatic N) is 3. The Morgan fingerprint density at radius 2 is 1.96 bits per heavy atom. The summed E-state index contributed by atoms with van der Waals surface area (Å²) in [6.45, 7) is 1.29. The summed E-state index contributed by atoms with van der Waals surface area (Å²) in [5.41, 5.74) is 4.06. The molecule has 24 heavy (non-hydrogen) atoms. The number of fused-ring (bicyclic) bond motifs is 2. The van der Waals surface area contributed by atoms with E-state index in [9.17, 15) is 0 Å². The minimum atomic E-state index is 0. The molecule has 2 aliphatic heterocycles. The Balaban J connectivity index is 0.00000146. The van der Waals surface area contributed by atoms with Crippen LogP contribution in [0.1, 0.15) is 12.2 Å². The van der Waals surface area contributed by atoms with Crippen LogP contribution >= 0.6 is 12.4 Å². The average molecular weight is 342 g/mol. The highest BCUT2D eigenvalue weighted by Gasteiger charge is 2.25. The molecule has 0 fully saturated rings. The second-order valence-corrected chi connectivity index (χ2v) is 5.76. The van der Waals surface area contributed by atoms with Gasteiger partial charge in [0.05, 0.1) is 11.4 Å². The zero-order valence-corrected chi connectivity index (χ0v) is 13.8. The average Bonchev–Trinajstić information content (AvgIpc) is 3.30. The van der Waals surface area contributed by atoms with Gasteiger partial charge in [-0.1, -0.05) is 6.07 Å². The fraction of sp³-hybridized carbons (Fsp3) is 0.222. The Hall–Kier alpha value is -2.53. The number of hydrogen-bond acceptors (Lipinski definition) is 4. The first kappa shape index (κ1) is 15.0. The standard InChI is InChI=1S/C18H15N3O2.ClH/c1-2-8-19-13(4-1)17-18(21-9-3-5-16(21)20-17)12-6-7-14-15(10-12)23-11-22-14;/h1-2,4,6-8,10H,3,5,9,11H2;1H. The van der Waals surface area contributed by atoms with Crippen LogP contribution in [0.15, 0.2) is 42.6 Å². The highest BCUT2D eigenvalue weighted by molar-refractivity contribution is 5.85. The number of benzene rings is 1. The molecule has 1 aromatic carbocycles. The zero-order chi connectivity index (χ0) is 15.2. The number of aryl methyl sites for hydroxylation is 1. The van der Waals surface area contributed by atoms with Crippen LogP contribution in [0.2, 0.25) is 0 Å². The third-order valence-electron chi connectivity index (χ3n) is 4.38. The molecule has 3 aromatic rings. The molecule has 0 saturated carbocycles. The Bertz CT molecular complexity index is 893. The van der Waals surface area contributed by atoms with Gasteiger partial charge in [-0.15, -0.1) is 12.4 Å². The molecule has 4 heterocycles. The van der Waals surface area contributed by atoms with Crippen molar-refractivity contribution in [3.8, 4) is 34.1 Å². The Labute approximate surface area is 145 Å². The van der Waals surface area contributed by atoms with E-state index in [1.54, 1.807) is 0 Å². The van der Waals surface area contributed by atoms with E-state index in [1.807, 2.05) is 36.5 Å². The molecule has 5 nitrogen and oxygen atoms in total. The van der Waals surface area contributed by atoms with Gasteiger partial charge in [-0.2, -0.15) is 0 Å². The predicted molar refractivity (Wildman–Crippen MR) is 92.6 cm³/mol. The van der Waals surface area contributed by atoms with Crippen molar-refractivity contribution >= 4 is 12.4 Å². The second kappa shape index (κ2) is 5.83. The van der Waals surface area contributed by atoms with Crippen LogP contribution in [0.4, 0.5) is 0 Å². The summed E-state index contributed by atoms with van der Waals surface area (Å²) in [6, 6.07) is 12.0. The normalized spacial score (nSPS) is 14.3. The summed E-state index contributed by atoms with van der Waals surface area (Å²) in [5, 5.41) is 0. The van der Waals surface area contributed by atoms with Gasteiger partial charge >= 0.3 is 0 Å². The van der Waals surface area contributed by atoms with Gasteiger partial charge in [0.15, 0.2) is 11.5 Å². The maximum atomic E-state index is 5.53. The molecule has 0 unspecified atom stereocenters. The van der Waals surface area contributed by atoms with Gasteiger partial charge in [0.25, 0.3) is 0 Å². The van der Waals surface area contributed by atoms with Crippen LogP contribution in [0.25, 0.3) is 22.6 Å². The number of rotatable bonds is 2. The number of aromatic nitrogens is 3. The first-order valence-electron chi connectivity index (χ1n) is 7.81. The Morgan fingerprint density at radius 1 is 1.04 bits per heavy atom. The maximum Gasteiger partial charge on any atom is 0.231 e. The first-order valence-corrected chi connectivity index (χ1v) is 7.81. The van der Waals surface area contributed by atoms with Crippen LogP contribution in [-0.4, -0.2) is 21.3 Å². The quantitative estimate of drug-likeness (QED) is 0.713. The van der Waals surface area contributed by atoms with Crippen molar-refractivity contribution < 1.29 is 9.47 Å². The van der Waals surface area contributed by atoms with Crippen molar-refractivity contribution in [1.82, 2.24) is 14.5 Å². The van der Waals surface area contributed by atoms with Crippen LogP contribution in [0.5, 0.6) is 11.5 Å². The SMILES string of the molecule is Cl.c1ccc(-c2nc3n(c2-c2ccc4c(c2)OCO4)CCC3)nc1. The van der Waals surface area contributed by atoms with Gasteiger partial charge in [0, 0.05) is 24.7 Å². The van der Waals surface area contributed by atoms with E-state index in [0.717, 1.165) is 59.4 Å². The van der Waals surface area contributed by atoms with Crippen molar-refractivity contribution in [2.45, 2.75) is 19.4 Å². The predicted octanol–water partition coefficient (Wildman–Crippen LogP) is 3.71. The van der Waals surface area contributed by atoms with Gasteiger partial charge in [0.2, 0.25) is 6.79 Å². The highest BCUT2D eigenvalue weighted by Crippen LogP contribution is 2.40. The molecule has 0 saturated heterocycles. The lowest BCUT2D eigenvalue weighted by molar-refractivity contribution is 0.174. The van der Waals surface area contributed by atoms with E-state index in [1.165, 1.54) is 0 Å². The van der Waals surface area contributed by atoms with Gasteiger partial charge in [-0.05, 0) is 36.8 Å². The fourth-order valence-electron chi connectivity index (χ4n) is 3.34. The number of ether oxygens (including phenoxy) is 2.